The number of aromatic nitrogens is 1. The number of pyridine rings is 1. The molecule has 1 aromatic heterocycles. The molecule has 0 bridgehead atoms. The molecule has 1 aliphatic rings. The summed E-state index contributed by atoms with van der Waals surface area (Å²) in [4.78, 5) is 18.5. The van der Waals surface area contributed by atoms with E-state index in [-0.39, 0.29) is 11.8 Å². The molecule has 1 atom stereocenters. The first-order valence-corrected chi connectivity index (χ1v) is 6.79. The molecular weight excluding hydrogens is 224 g/mol. The van der Waals surface area contributed by atoms with E-state index in [2.05, 4.69) is 17.1 Å². The molecule has 1 amide bonds. The van der Waals surface area contributed by atoms with E-state index in [4.69, 9.17) is 0 Å². The van der Waals surface area contributed by atoms with Crippen LogP contribution in [0.4, 0.5) is 0 Å². The van der Waals surface area contributed by atoms with Crippen molar-refractivity contribution in [2.45, 2.75) is 39.5 Å². The predicted molar refractivity (Wildman–Crippen MR) is 72.4 cm³/mol. The minimum atomic E-state index is 0.0923. The van der Waals surface area contributed by atoms with Crippen molar-refractivity contribution in [1.82, 2.24) is 9.88 Å². The third-order valence-electron chi connectivity index (χ3n) is 3.58. The Morgan fingerprint density at radius 3 is 2.83 bits per heavy atom. The van der Waals surface area contributed by atoms with Crippen molar-refractivity contribution in [3.8, 4) is 0 Å². The second-order valence-electron chi connectivity index (χ2n) is 5.54. The molecule has 0 spiro atoms. The molecule has 0 unspecified atom stereocenters. The lowest BCUT2D eigenvalue weighted by molar-refractivity contribution is -0.135. The maximum atomic E-state index is 12.0. The number of hydrogen-bond acceptors (Lipinski definition) is 2. The van der Waals surface area contributed by atoms with E-state index >= 15 is 0 Å². The zero-order valence-corrected chi connectivity index (χ0v) is 11.5. The van der Waals surface area contributed by atoms with Crippen molar-refractivity contribution in [3.63, 3.8) is 0 Å². The Kier molecular flexibility index (Phi) is 4.00. The number of nitrogens with zero attached hydrogens (tertiary/aromatic N) is 2. The Hall–Kier alpha value is -1.38. The van der Waals surface area contributed by atoms with Gasteiger partial charge in [0.05, 0.1) is 0 Å². The van der Waals surface area contributed by atoms with Gasteiger partial charge in [0.2, 0.25) is 5.91 Å². The van der Waals surface area contributed by atoms with Gasteiger partial charge >= 0.3 is 0 Å². The first-order valence-electron chi connectivity index (χ1n) is 6.79. The van der Waals surface area contributed by atoms with E-state index < -0.39 is 0 Å². The molecule has 1 fully saturated rings. The molecule has 2 heterocycles. The highest BCUT2D eigenvalue weighted by Crippen LogP contribution is 2.26. The van der Waals surface area contributed by atoms with Crippen LogP contribution in [0.25, 0.3) is 0 Å². The summed E-state index contributed by atoms with van der Waals surface area (Å²) in [6, 6.07) is 4.20. The number of rotatable bonds is 2. The number of aryl methyl sites for hydroxylation is 1. The van der Waals surface area contributed by atoms with Gasteiger partial charge in [0, 0.05) is 36.8 Å². The number of amides is 1. The monoisotopic (exact) mass is 246 g/mol. The third-order valence-corrected chi connectivity index (χ3v) is 3.58. The van der Waals surface area contributed by atoms with E-state index in [0.29, 0.717) is 5.92 Å². The van der Waals surface area contributed by atoms with Gasteiger partial charge in [-0.15, -0.1) is 0 Å². The van der Waals surface area contributed by atoms with Crippen molar-refractivity contribution < 1.29 is 4.79 Å². The van der Waals surface area contributed by atoms with Crippen molar-refractivity contribution in [1.29, 1.82) is 0 Å². The standard InChI is InChI=1S/C15H22N2O/c1-11(2)15(18)17-8-4-5-13(10-17)14-7-6-12(3)9-16-14/h6-7,9,11,13H,4-5,8,10H2,1-3H3/t13-/m0/s1. The summed E-state index contributed by atoms with van der Waals surface area (Å²) in [7, 11) is 0. The van der Waals surface area contributed by atoms with Crippen LogP contribution >= 0.6 is 0 Å². The molecule has 1 saturated heterocycles. The lowest BCUT2D eigenvalue weighted by atomic mass is 9.93. The van der Waals surface area contributed by atoms with E-state index in [9.17, 15) is 4.79 Å². The smallest absolute Gasteiger partial charge is 0.225 e. The van der Waals surface area contributed by atoms with Crippen molar-refractivity contribution >= 4 is 5.91 Å². The average Bonchev–Trinajstić information content (AvgIpc) is 2.38. The molecule has 0 radical (unpaired) electrons. The van der Waals surface area contributed by atoms with Crippen molar-refractivity contribution in [2.24, 2.45) is 5.92 Å². The van der Waals surface area contributed by atoms with Crippen LogP contribution in [0.15, 0.2) is 18.3 Å². The quantitative estimate of drug-likeness (QED) is 0.804. The maximum absolute atomic E-state index is 12.0. The molecule has 3 nitrogen and oxygen atoms in total. The lowest BCUT2D eigenvalue weighted by Crippen LogP contribution is -2.41. The fourth-order valence-electron chi connectivity index (χ4n) is 2.50. The maximum Gasteiger partial charge on any atom is 0.225 e. The van der Waals surface area contributed by atoms with Gasteiger partial charge in [0.25, 0.3) is 0 Å². The van der Waals surface area contributed by atoms with Gasteiger partial charge in [-0.25, -0.2) is 0 Å². The second-order valence-corrected chi connectivity index (χ2v) is 5.54. The number of piperidine rings is 1. The van der Waals surface area contributed by atoms with Crippen LogP contribution in [0.1, 0.15) is 43.9 Å². The van der Waals surface area contributed by atoms with Crippen LogP contribution in [-0.2, 0) is 4.79 Å². The lowest BCUT2D eigenvalue weighted by Gasteiger charge is -2.33. The van der Waals surface area contributed by atoms with Crippen molar-refractivity contribution in [2.75, 3.05) is 13.1 Å². The summed E-state index contributed by atoms with van der Waals surface area (Å²) in [6.07, 6.45) is 4.13. The summed E-state index contributed by atoms with van der Waals surface area (Å²) in [5.74, 6) is 0.767. The molecule has 1 aliphatic heterocycles. The summed E-state index contributed by atoms with van der Waals surface area (Å²) < 4.78 is 0. The molecular formula is C15H22N2O. The Bertz CT molecular complexity index is 411. The summed E-state index contributed by atoms with van der Waals surface area (Å²) in [6.45, 7) is 7.71. The summed E-state index contributed by atoms with van der Waals surface area (Å²) >= 11 is 0. The Balaban J connectivity index is 2.07. The zero-order chi connectivity index (χ0) is 13.1. The molecule has 0 saturated carbocycles. The van der Waals surface area contributed by atoms with Crippen molar-refractivity contribution in [3.05, 3.63) is 29.6 Å². The Morgan fingerprint density at radius 1 is 1.44 bits per heavy atom. The van der Waals surface area contributed by atoms with Gasteiger partial charge < -0.3 is 4.90 Å². The number of carbonyl (C=O) groups is 1. The Labute approximate surface area is 109 Å². The first kappa shape index (κ1) is 13.1. The SMILES string of the molecule is Cc1ccc([C@H]2CCCN(C(=O)C(C)C)C2)nc1. The van der Waals surface area contributed by atoms with Crippen LogP contribution in [-0.4, -0.2) is 28.9 Å². The van der Waals surface area contributed by atoms with Gasteiger partial charge in [-0.3, -0.25) is 9.78 Å². The van der Waals surface area contributed by atoms with E-state index in [1.54, 1.807) is 0 Å². The normalized spacial score (nSPS) is 20.2. The molecule has 3 heteroatoms. The molecule has 0 aliphatic carbocycles. The highest BCUT2D eigenvalue weighted by Gasteiger charge is 2.26. The van der Waals surface area contributed by atoms with Gasteiger partial charge in [0.15, 0.2) is 0 Å². The van der Waals surface area contributed by atoms with Crippen LogP contribution in [0.5, 0.6) is 0 Å². The number of hydrogen-bond donors (Lipinski definition) is 0. The Morgan fingerprint density at radius 2 is 2.22 bits per heavy atom. The van der Waals surface area contributed by atoms with Crippen LogP contribution in [0.2, 0.25) is 0 Å². The summed E-state index contributed by atoms with van der Waals surface area (Å²) in [5.41, 5.74) is 2.31. The highest BCUT2D eigenvalue weighted by molar-refractivity contribution is 5.78. The zero-order valence-electron chi connectivity index (χ0n) is 11.5. The highest BCUT2D eigenvalue weighted by atomic mass is 16.2. The van der Waals surface area contributed by atoms with Gasteiger partial charge in [-0.2, -0.15) is 0 Å². The van der Waals surface area contributed by atoms with Gasteiger partial charge in [-0.1, -0.05) is 19.9 Å². The predicted octanol–water partition coefficient (Wildman–Crippen LogP) is 2.75. The van der Waals surface area contributed by atoms with Crippen LogP contribution in [0.3, 0.4) is 0 Å². The van der Waals surface area contributed by atoms with Crippen LogP contribution in [0, 0.1) is 12.8 Å². The van der Waals surface area contributed by atoms with E-state index in [1.807, 2.05) is 31.9 Å². The average molecular weight is 246 g/mol. The minimum Gasteiger partial charge on any atom is -0.342 e. The van der Waals surface area contributed by atoms with Gasteiger partial charge in [0.1, 0.15) is 0 Å². The number of carbonyl (C=O) groups excluding carboxylic acids is 1. The van der Waals surface area contributed by atoms with E-state index in [0.717, 1.165) is 31.6 Å². The topological polar surface area (TPSA) is 33.2 Å². The molecule has 0 N–H and O–H groups in total. The third kappa shape index (κ3) is 2.89. The fraction of sp³-hybridized carbons (Fsp3) is 0.600. The first-order chi connectivity index (χ1) is 8.58. The molecule has 98 valence electrons. The molecule has 1 aromatic rings. The van der Waals surface area contributed by atoms with E-state index in [1.165, 1.54) is 5.56 Å². The molecule has 0 aromatic carbocycles. The van der Waals surface area contributed by atoms with Gasteiger partial charge in [-0.05, 0) is 31.4 Å². The minimum absolute atomic E-state index is 0.0923. The summed E-state index contributed by atoms with van der Waals surface area (Å²) in [5, 5.41) is 0. The number of likely N-dealkylation sites (tertiary alicyclic amines) is 1. The van der Waals surface area contributed by atoms with Crippen LogP contribution < -0.4 is 0 Å². The molecule has 2 rings (SSSR count). The largest absolute Gasteiger partial charge is 0.342 e. The molecule has 18 heavy (non-hydrogen) atoms. The second kappa shape index (κ2) is 5.51. The fourth-order valence-corrected chi connectivity index (χ4v) is 2.50.